The van der Waals surface area contributed by atoms with E-state index in [4.69, 9.17) is 9.97 Å². The van der Waals surface area contributed by atoms with Gasteiger partial charge >= 0.3 is 0 Å². The van der Waals surface area contributed by atoms with Crippen LogP contribution in [0.3, 0.4) is 0 Å². The van der Waals surface area contributed by atoms with Crippen LogP contribution in [0.1, 0.15) is 41.4 Å². The second kappa shape index (κ2) is 8.22. The zero-order valence-corrected chi connectivity index (χ0v) is 21.2. The van der Waals surface area contributed by atoms with Crippen molar-refractivity contribution < 1.29 is 14.3 Å². The quantitative estimate of drug-likeness (QED) is 0.384. The predicted molar refractivity (Wildman–Crippen MR) is 142 cm³/mol. The van der Waals surface area contributed by atoms with Gasteiger partial charge in [0, 0.05) is 67.9 Å². The minimum atomic E-state index is -0.985. The van der Waals surface area contributed by atoms with Gasteiger partial charge in [0.05, 0.1) is 40.1 Å². The smallest absolute Gasteiger partial charge is 0.254 e. The molecule has 3 aliphatic rings. The van der Waals surface area contributed by atoms with E-state index in [1.165, 1.54) is 0 Å². The van der Waals surface area contributed by atoms with Crippen molar-refractivity contribution in [2.24, 2.45) is 7.05 Å². The van der Waals surface area contributed by atoms with E-state index in [2.05, 4.69) is 15.6 Å². The summed E-state index contributed by atoms with van der Waals surface area (Å²) in [6.45, 7) is 2.48. The number of halogens is 1. The molecule has 9 nitrogen and oxygen atoms in total. The summed E-state index contributed by atoms with van der Waals surface area (Å²) in [5.41, 5.74) is 5.03. The summed E-state index contributed by atoms with van der Waals surface area (Å²) in [4.78, 5) is 29.1. The summed E-state index contributed by atoms with van der Waals surface area (Å²) in [5, 5.41) is 18.2. The predicted octanol–water partition coefficient (Wildman–Crippen LogP) is 3.63. The van der Waals surface area contributed by atoms with Crippen LogP contribution in [0.25, 0.3) is 22.3 Å². The molecule has 0 bridgehead atoms. The molecule has 3 aliphatic heterocycles. The van der Waals surface area contributed by atoms with Crippen molar-refractivity contribution in [2.45, 2.75) is 50.5 Å². The maximum Gasteiger partial charge on any atom is 0.254 e. The van der Waals surface area contributed by atoms with Gasteiger partial charge in [-0.15, -0.1) is 0 Å². The number of anilines is 3. The van der Waals surface area contributed by atoms with E-state index in [1.807, 2.05) is 47.0 Å². The fourth-order valence-electron chi connectivity index (χ4n) is 6.32. The number of amides is 1. The topological polar surface area (TPSA) is 108 Å². The summed E-state index contributed by atoms with van der Waals surface area (Å²) in [5.74, 6) is 0.371. The molecular weight excluding hydrogens is 485 g/mol. The average molecular weight is 514 g/mol. The molecule has 4 aromatic heterocycles. The third-order valence-corrected chi connectivity index (χ3v) is 7.96. The number of aromatic nitrogens is 4. The maximum absolute atomic E-state index is 14.3. The van der Waals surface area contributed by atoms with Gasteiger partial charge in [-0.1, -0.05) is 0 Å². The molecule has 3 atom stereocenters. The monoisotopic (exact) mass is 513 g/mol. The molecule has 1 saturated heterocycles. The first-order chi connectivity index (χ1) is 18.3. The Morgan fingerprint density at radius 1 is 1.24 bits per heavy atom. The first-order valence-corrected chi connectivity index (χ1v) is 12.9. The minimum absolute atomic E-state index is 0.0464. The lowest BCUT2D eigenvalue weighted by atomic mass is 9.92. The Labute approximate surface area is 218 Å². The second-order valence-electron chi connectivity index (χ2n) is 10.9. The molecular formula is C28H28FN7O2. The number of carbonyl (C=O) groups excluding carboxylic acids is 1. The molecule has 7 heterocycles. The van der Waals surface area contributed by atoms with Crippen LogP contribution >= 0.6 is 0 Å². The van der Waals surface area contributed by atoms with Crippen molar-refractivity contribution in [1.82, 2.24) is 24.8 Å². The van der Waals surface area contributed by atoms with E-state index < -0.39 is 11.8 Å². The Kier molecular flexibility index (Phi) is 5.00. The number of fused-ring (bicyclic) bond motifs is 5. The van der Waals surface area contributed by atoms with Crippen LogP contribution in [0, 0.1) is 0 Å². The number of alkyl halides is 1. The summed E-state index contributed by atoms with van der Waals surface area (Å²) in [6, 6.07) is 7.66. The lowest BCUT2D eigenvalue weighted by molar-refractivity contribution is 0.0458. The molecule has 7 rings (SSSR count). The van der Waals surface area contributed by atoms with Crippen molar-refractivity contribution in [3.63, 3.8) is 0 Å². The van der Waals surface area contributed by atoms with Crippen LogP contribution in [0.5, 0.6) is 0 Å². The highest BCUT2D eigenvalue weighted by molar-refractivity contribution is 6.06. The number of aliphatic hydroxyl groups is 1. The Balaban J connectivity index is 1.28. The van der Waals surface area contributed by atoms with Gasteiger partial charge in [0.15, 0.2) is 0 Å². The van der Waals surface area contributed by atoms with Crippen molar-refractivity contribution in [3.8, 4) is 11.3 Å². The number of nitrogens with one attached hydrogen (secondary N) is 2. The van der Waals surface area contributed by atoms with E-state index in [1.54, 1.807) is 19.3 Å². The standard InChI is InChI=1S/C28H28FN7O2/c1-28(38)10-16-9-15(29)14-36(16)22-3-4-23(33-20(22)11-28)34-21-13-31-25(19-12-32-27(37)24(19)21)17-5-7-30-26-18(17)6-8-35(26)2/h3-8,13,15-16,38H,9-12,14H2,1-2H3,(H,32,37)(H,33,34). The average Bonchev–Trinajstić information content (AvgIpc) is 3.54. The van der Waals surface area contributed by atoms with E-state index in [0.717, 1.165) is 33.5 Å². The number of nitrogens with zero attached hydrogens (tertiary/aromatic N) is 5. The van der Waals surface area contributed by atoms with Gasteiger partial charge in [-0.25, -0.2) is 14.4 Å². The van der Waals surface area contributed by atoms with E-state index >= 15 is 0 Å². The minimum Gasteiger partial charge on any atom is -0.390 e. The largest absolute Gasteiger partial charge is 0.390 e. The molecule has 1 amide bonds. The van der Waals surface area contributed by atoms with Crippen LogP contribution < -0.4 is 15.5 Å². The molecule has 10 heteroatoms. The molecule has 1 fully saturated rings. The van der Waals surface area contributed by atoms with Gasteiger partial charge in [-0.05, 0) is 37.6 Å². The number of pyridine rings is 3. The van der Waals surface area contributed by atoms with Gasteiger partial charge in [-0.2, -0.15) is 0 Å². The highest BCUT2D eigenvalue weighted by Gasteiger charge is 2.41. The van der Waals surface area contributed by atoms with E-state index in [0.29, 0.717) is 55.1 Å². The molecule has 38 heavy (non-hydrogen) atoms. The number of hydrogen-bond donors (Lipinski definition) is 3. The summed E-state index contributed by atoms with van der Waals surface area (Å²) >= 11 is 0. The van der Waals surface area contributed by atoms with Crippen LogP contribution in [0.15, 0.2) is 42.9 Å². The van der Waals surface area contributed by atoms with E-state index in [9.17, 15) is 14.3 Å². The second-order valence-corrected chi connectivity index (χ2v) is 10.9. The van der Waals surface area contributed by atoms with Gasteiger partial charge < -0.3 is 25.2 Å². The highest BCUT2D eigenvalue weighted by Crippen LogP contribution is 2.40. The fourth-order valence-corrected chi connectivity index (χ4v) is 6.32. The van der Waals surface area contributed by atoms with Gasteiger partial charge in [0.2, 0.25) is 0 Å². The Bertz CT molecular complexity index is 1610. The number of carbonyl (C=O) groups is 1. The molecule has 0 spiro atoms. The zero-order valence-electron chi connectivity index (χ0n) is 21.2. The molecule has 0 aromatic carbocycles. The molecule has 3 N–H and O–H groups in total. The molecule has 0 saturated carbocycles. The number of aryl methyl sites for hydroxylation is 1. The SMILES string of the molecule is Cn1ccc2c(-c3ncc(Nc4ccc5c(n4)CC(C)(O)CC4CC(F)CN54)c4c3CNC4=O)ccnc21. The van der Waals surface area contributed by atoms with Crippen LogP contribution in [-0.4, -0.2) is 54.9 Å². The van der Waals surface area contributed by atoms with Gasteiger partial charge in [0.1, 0.15) is 17.6 Å². The number of hydrogen-bond acceptors (Lipinski definition) is 7. The molecule has 3 unspecified atom stereocenters. The zero-order chi connectivity index (χ0) is 26.2. The van der Waals surface area contributed by atoms with Crippen molar-refractivity contribution in [2.75, 3.05) is 16.8 Å². The van der Waals surface area contributed by atoms with E-state index in [-0.39, 0.29) is 11.9 Å². The summed E-state index contributed by atoms with van der Waals surface area (Å²) < 4.78 is 16.2. The normalized spacial score (nSPS) is 24.1. The van der Waals surface area contributed by atoms with Crippen LogP contribution in [-0.2, 0) is 20.0 Å². The van der Waals surface area contributed by atoms with Gasteiger partial charge in [-0.3, -0.25) is 9.78 Å². The van der Waals surface area contributed by atoms with Crippen molar-refractivity contribution in [3.05, 3.63) is 59.7 Å². The van der Waals surface area contributed by atoms with Crippen LogP contribution in [0.2, 0.25) is 0 Å². The first kappa shape index (κ1) is 23.1. The van der Waals surface area contributed by atoms with Gasteiger partial charge in [0.25, 0.3) is 5.91 Å². The molecule has 194 valence electrons. The maximum atomic E-state index is 14.3. The highest BCUT2D eigenvalue weighted by atomic mass is 19.1. The Hall–Kier alpha value is -4.05. The Morgan fingerprint density at radius 2 is 2.11 bits per heavy atom. The molecule has 4 aromatic rings. The first-order valence-electron chi connectivity index (χ1n) is 12.9. The lowest BCUT2D eigenvalue weighted by Crippen LogP contribution is -2.35. The fraction of sp³-hybridized carbons (Fsp3) is 0.357. The lowest BCUT2D eigenvalue weighted by Gasteiger charge is -2.27. The Morgan fingerprint density at radius 3 is 2.97 bits per heavy atom. The third-order valence-electron chi connectivity index (χ3n) is 7.96. The molecule has 0 aliphatic carbocycles. The summed E-state index contributed by atoms with van der Waals surface area (Å²) in [7, 11) is 1.95. The van der Waals surface area contributed by atoms with Crippen molar-refractivity contribution in [1.29, 1.82) is 0 Å². The third kappa shape index (κ3) is 3.62. The summed E-state index contributed by atoms with van der Waals surface area (Å²) in [6.07, 6.45) is 5.75. The van der Waals surface area contributed by atoms with Crippen LogP contribution in [0.4, 0.5) is 21.6 Å². The van der Waals surface area contributed by atoms with Crippen molar-refractivity contribution >= 4 is 34.1 Å². The molecule has 0 radical (unpaired) electrons. The number of rotatable bonds is 3.